The highest BCUT2D eigenvalue weighted by Gasteiger charge is 2.35. The molecule has 2 heterocycles. The van der Waals surface area contributed by atoms with Crippen molar-refractivity contribution in [2.24, 2.45) is 0 Å². The predicted octanol–water partition coefficient (Wildman–Crippen LogP) is 2.00. The van der Waals surface area contributed by atoms with Crippen LogP contribution in [0.3, 0.4) is 0 Å². The summed E-state index contributed by atoms with van der Waals surface area (Å²) in [5.41, 5.74) is 9.73. The van der Waals surface area contributed by atoms with Crippen molar-refractivity contribution in [1.82, 2.24) is 26.7 Å². The number of aliphatic hydroxyl groups excluding tert-OH is 5. The third kappa shape index (κ3) is 20.6. The number of nitrogens with one attached hydrogen (secondary N) is 5. The number of esters is 1. The average Bonchev–Trinajstić information content (AvgIpc) is 3.29. The van der Waals surface area contributed by atoms with Crippen LogP contribution >= 0.6 is 171 Å². The Kier molecular flexibility index (Phi) is 33.5. The molecular weight excluding hydrogens is 1760 g/mol. The fraction of sp³-hybridized carbons (Fsp3) is 0.526. The molecule has 2 aromatic carbocycles. The summed E-state index contributed by atoms with van der Waals surface area (Å²) >= 11 is 16.6. The van der Waals surface area contributed by atoms with Crippen LogP contribution in [-0.4, -0.2) is 169 Å². The molecule has 71 heavy (non-hydrogen) atoms. The number of aliphatic hydroxyl groups is 5. The number of benzene rings is 2. The minimum atomic E-state index is -1.11. The number of amides is 4. The summed E-state index contributed by atoms with van der Waals surface area (Å²) in [6.45, 7) is 7.03. The van der Waals surface area contributed by atoms with Crippen LogP contribution in [0.5, 0.6) is 0 Å². The number of nitrogens with two attached hydrogens (primary N) is 1. The molecule has 0 spiro atoms. The van der Waals surface area contributed by atoms with Crippen molar-refractivity contribution in [2.75, 3.05) is 58.6 Å². The molecule has 4 rings (SSSR count). The highest BCUT2D eigenvalue weighted by atomic mass is 127. The van der Waals surface area contributed by atoms with Crippen molar-refractivity contribution in [2.45, 2.75) is 76.8 Å². The van der Waals surface area contributed by atoms with Crippen molar-refractivity contribution in [1.29, 1.82) is 0 Å². The van der Waals surface area contributed by atoms with E-state index in [9.17, 15) is 59.5 Å². The number of halogens is 8. The van der Waals surface area contributed by atoms with E-state index in [1.807, 2.05) is 141 Å². The highest BCUT2D eigenvalue weighted by Crippen LogP contribution is 2.37. The van der Waals surface area contributed by atoms with Crippen LogP contribution in [0.25, 0.3) is 0 Å². The second-order valence-corrected chi connectivity index (χ2v) is 21.8. The van der Waals surface area contributed by atoms with Gasteiger partial charge in [-0.3, -0.25) is 28.8 Å². The van der Waals surface area contributed by atoms with E-state index in [2.05, 4.69) is 26.0 Å². The number of carbonyl (C=O) groups is 6. The van der Waals surface area contributed by atoms with E-state index in [4.69, 9.17) is 36.0 Å². The van der Waals surface area contributed by atoms with Gasteiger partial charge in [-0.2, -0.15) is 5.48 Å². The van der Waals surface area contributed by atoms with Crippen LogP contribution in [0.15, 0.2) is 0 Å². The van der Waals surface area contributed by atoms with Crippen molar-refractivity contribution in [3.05, 3.63) is 49.2 Å². The standard InChI is InChI=1S/C17H24I3N3O8.C16H20B2I3N3O6.C5H7ClO3.HI/c1-6(28)15(23-31)9-12(18)10(16(29)21-7(2-24)3-25)14(20)11(13(9)19)17(30)22-8(4-26)5-27;1-17-27-3-7(4-28-17)23-15(25)9-11(19)10(13(21)14(22)12(9)20)16(26)24-8-5-29-18(2)30-6-8;1-3(5(6)8)9-4(2)7;/h6-8,15,23-28,31H,2-5H2,1H3,(H,21,29)(H,22,30);7-8H,3-6,22H2,1-2H3,(H,23,25)(H,24,26);3H,1-2H3;1H/t6-,15?;;3-;/m0.0./s1. The summed E-state index contributed by atoms with van der Waals surface area (Å²) < 4.78 is 28.7. The monoisotopic (exact) mass is 1810 g/mol. The Hall–Kier alpha value is 0.350. The molecular formula is C38H52B2ClI7N6O17. The number of hydrogen-bond donors (Lipinski definition) is 12. The zero-order chi connectivity index (χ0) is 53.3. The summed E-state index contributed by atoms with van der Waals surface area (Å²) in [6.07, 6.45) is -1.94. The number of anilines is 1. The summed E-state index contributed by atoms with van der Waals surface area (Å²) in [5, 5.41) is 67.0. The van der Waals surface area contributed by atoms with Gasteiger partial charge in [0.05, 0.1) is 124 Å². The fourth-order valence-electron chi connectivity index (χ4n) is 5.84. The van der Waals surface area contributed by atoms with Gasteiger partial charge in [0, 0.05) is 26.8 Å². The number of ether oxygens (including phenoxy) is 1. The molecule has 23 nitrogen and oxygen atoms in total. The van der Waals surface area contributed by atoms with Crippen LogP contribution in [0, 0.1) is 21.4 Å². The minimum Gasteiger partial charge on any atom is -0.453 e. The van der Waals surface area contributed by atoms with Crippen LogP contribution in [0.2, 0.25) is 13.6 Å². The van der Waals surface area contributed by atoms with E-state index in [1.54, 1.807) is 13.6 Å². The first-order chi connectivity index (χ1) is 32.8. The van der Waals surface area contributed by atoms with Gasteiger partial charge < -0.3 is 81.1 Å². The molecule has 2 saturated heterocycles. The first-order valence-electron chi connectivity index (χ1n) is 20.5. The van der Waals surface area contributed by atoms with Crippen LogP contribution in [-0.2, 0) is 32.9 Å². The smallest absolute Gasteiger partial charge is 0.453 e. The minimum absolute atomic E-state index is 0. The molecule has 2 aliphatic rings. The Morgan fingerprint density at radius 3 is 1.24 bits per heavy atom. The maximum Gasteiger partial charge on any atom is 0.453 e. The van der Waals surface area contributed by atoms with Gasteiger partial charge in [-0.15, -0.1) is 24.0 Å². The summed E-state index contributed by atoms with van der Waals surface area (Å²) in [5.74, 6) is -2.53. The average molecular weight is 1810 g/mol. The second kappa shape index (κ2) is 34.3. The topological polar surface area (TPSA) is 356 Å². The van der Waals surface area contributed by atoms with E-state index in [-0.39, 0.29) is 82.4 Å². The molecule has 33 heteroatoms. The van der Waals surface area contributed by atoms with E-state index in [0.717, 1.165) is 0 Å². The van der Waals surface area contributed by atoms with Gasteiger partial charge in [0.15, 0.2) is 6.10 Å². The van der Waals surface area contributed by atoms with E-state index in [0.29, 0.717) is 61.1 Å². The highest BCUT2D eigenvalue weighted by molar-refractivity contribution is 14.1. The lowest BCUT2D eigenvalue weighted by Crippen LogP contribution is -2.49. The molecule has 1 unspecified atom stereocenters. The predicted molar refractivity (Wildman–Crippen MR) is 321 cm³/mol. The largest absolute Gasteiger partial charge is 0.453 e. The van der Waals surface area contributed by atoms with Crippen molar-refractivity contribution in [3.63, 3.8) is 0 Å². The molecule has 2 fully saturated rings. The molecule has 0 saturated carbocycles. The molecule has 0 bridgehead atoms. The maximum atomic E-state index is 13.0. The lowest BCUT2D eigenvalue weighted by Gasteiger charge is -2.28. The maximum absolute atomic E-state index is 13.0. The van der Waals surface area contributed by atoms with E-state index < -0.39 is 79.8 Å². The van der Waals surface area contributed by atoms with E-state index in [1.165, 1.54) is 20.8 Å². The van der Waals surface area contributed by atoms with Crippen molar-refractivity contribution in [3.8, 4) is 0 Å². The second-order valence-electron chi connectivity index (χ2n) is 15.0. The summed E-state index contributed by atoms with van der Waals surface area (Å²) in [7, 11) is -0.586. The van der Waals surface area contributed by atoms with E-state index >= 15 is 0 Å². The molecule has 4 amide bonds. The molecule has 3 atom stereocenters. The number of hydrogen-bond acceptors (Lipinski definition) is 19. The van der Waals surface area contributed by atoms with Crippen molar-refractivity contribution >= 4 is 226 Å². The van der Waals surface area contributed by atoms with Crippen molar-refractivity contribution < 1.29 is 82.9 Å². The third-order valence-electron chi connectivity index (χ3n) is 9.56. The Bertz CT molecular complexity index is 2060. The zero-order valence-corrected chi connectivity index (χ0v) is 54.2. The molecule has 13 N–H and O–H groups in total. The molecule has 398 valence electrons. The number of hydroxylamine groups is 1. The first kappa shape index (κ1) is 69.4. The Morgan fingerprint density at radius 1 is 0.662 bits per heavy atom. The van der Waals surface area contributed by atoms with Gasteiger partial charge in [0.1, 0.15) is 0 Å². The van der Waals surface area contributed by atoms with Gasteiger partial charge in [0.2, 0.25) is 0 Å². The summed E-state index contributed by atoms with van der Waals surface area (Å²) in [6, 6.07) is -3.48. The zero-order valence-electron chi connectivity index (χ0n) is 38.2. The molecule has 2 aliphatic heterocycles. The Morgan fingerprint density at radius 2 is 0.986 bits per heavy atom. The number of rotatable bonds is 17. The van der Waals surface area contributed by atoms with Gasteiger partial charge in [-0.25, -0.2) is 0 Å². The van der Waals surface area contributed by atoms with Gasteiger partial charge in [-0.05, 0) is 175 Å². The van der Waals surface area contributed by atoms with Crippen LogP contribution in [0.4, 0.5) is 5.69 Å². The Labute approximate surface area is 513 Å². The van der Waals surface area contributed by atoms with Gasteiger partial charge in [-0.1, -0.05) is 0 Å². The lowest BCUT2D eigenvalue weighted by atomic mass is 9.93. The number of carbonyl (C=O) groups excluding carboxylic acids is 6. The van der Waals surface area contributed by atoms with Gasteiger partial charge in [0.25, 0.3) is 28.9 Å². The van der Waals surface area contributed by atoms with Gasteiger partial charge >= 0.3 is 20.2 Å². The quantitative estimate of drug-likeness (QED) is 0.0269. The first-order valence-corrected chi connectivity index (χ1v) is 27.4. The lowest BCUT2D eigenvalue weighted by molar-refractivity contribution is -0.149. The molecule has 0 aliphatic carbocycles. The normalized spacial score (nSPS) is 15.2. The molecule has 0 aromatic heterocycles. The Balaban J connectivity index is 0.000000598. The molecule has 0 radical (unpaired) electrons. The van der Waals surface area contributed by atoms with Crippen LogP contribution < -0.4 is 32.5 Å². The third-order valence-corrected chi connectivity index (χ3v) is 16.5. The SMILES string of the molecule is CB1OCC(NC(=O)c2c(I)c(N)c(I)c(C(=O)NC3COB(C)OC3)c2I)CO1.CC(=O)O[C@@H](C)C(=O)Cl.C[C@H](O)C(NO)c1c(I)c(C(=O)NC(CO)CO)c(I)c(C(=O)NC(CO)CO)c1I.I. The number of nitrogen functional groups attached to an aromatic ring is 1. The fourth-order valence-corrected chi connectivity index (χ4v) is 14.8. The summed E-state index contributed by atoms with van der Waals surface area (Å²) in [4.78, 5) is 72.3. The van der Waals surface area contributed by atoms with Crippen LogP contribution in [0.1, 0.15) is 73.8 Å². The molecule has 2 aromatic rings.